The quantitative estimate of drug-likeness (QED) is 0.764. The molecular weight excluding hydrogens is 404 g/mol. The van der Waals surface area contributed by atoms with E-state index >= 15 is 0 Å². The smallest absolute Gasteiger partial charge is 0.310 e. The van der Waals surface area contributed by atoms with E-state index < -0.39 is 11.9 Å². The van der Waals surface area contributed by atoms with Gasteiger partial charge in [0.1, 0.15) is 0 Å². The zero-order valence-corrected chi connectivity index (χ0v) is 14.9. The summed E-state index contributed by atoms with van der Waals surface area (Å²) in [4.78, 5) is 17.9. The molecule has 1 aromatic heterocycles. The van der Waals surface area contributed by atoms with Crippen LogP contribution in [-0.2, 0) is 16.1 Å². The number of hydrogen-bond donors (Lipinski definition) is 1. The lowest BCUT2D eigenvalue weighted by Gasteiger charge is -2.30. The van der Waals surface area contributed by atoms with Gasteiger partial charge in [0.25, 0.3) is 0 Å². The van der Waals surface area contributed by atoms with Crippen molar-refractivity contribution in [1.29, 1.82) is 0 Å². The number of rotatable bonds is 6. The molecule has 0 amide bonds. The highest BCUT2D eigenvalue weighted by Gasteiger charge is 2.37. The first kappa shape index (κ1) is 16.9. The first-order valence-electron chi connectivity index (χ1n) is 6.87. The van der Waals surface area contributed by atoms with Gasteiger partial charge in [-0.05, 0) is 50.9 Å². The monoisotopic (exact) mass is 420 g/mol. The van der Waals surface area contributed by atoms with Crippen LogP contribution in [0.15, 0.2) is 21.2 Å². The van der Waals surface area contributed by atoms with Gasteiger partial charge < -0.3 is 9.84 Å². The summed E-state index contributed by atoms with van der Waals surface area (Å²) in [6, 6.07) is 1.85. The van der Waals surface area contributed by atoms with Gasteiger partial charge in [0.15, 0.2) is 0 Å². The van der Waals surface area contributed by atoms with E-state index in [9.17, 15) is 9.90 Å². The Morgan fingerprint density at radius 3 is 2.90 bits per heavy atom. The predicted molar refractivity (Wildman–Crippen MR) is 86.1 cm³/mol. The largest absolute Gasteiger partial charge is 0.481 e. The Morgan fingerprint density at radius 1 is 1.52 bits per heavy atom. The second-order valence-corrected chi connectivity index (χ2v) is 6.87. The third kappa shape index (κ3) is 4.25. The lowest BCUT2D eigenvalue weighted by atomic mass is 10.0. The Bertz CT molecular complexity index is 513. The van der Waals surface area contributed by atoms with Gasteiger partial charge in [-0.1, -0.05) is 6.92 Å². The molecule has 0 aliphatic carbocycles. The maximum Gasteiger partial charge on any atom is 0.310 e. The van der Waals surface area contributed by atoms with Gasteiger partial charge in [0, 0.05) is 27.7 Å². The fraction of sp³-hybridized carbons (Fsp3) is 0.571. The standard InChI is InChI=1S/C14H18Br2N2O3/c1-2-3-18(13-8-21-7-10(13)14(19)20)6-12-11(16)4-9(15)5-17-12/h4-5,10,13H,2-3,6-8H2,1H3,(H,19,20). The van der Waals surface area contributed by atoms with Crippen LogP contribution in [-0.4, -0.2) is 46.8 Å². The lowest BCUT2D eigenvalue weighted by molar-refractivity contribution is -0.143. The highest BCUT2D eigenvalue weighted by molar-refractivity contribution is 9.11. The van der Waals surface area contributed by atoms with Crippen molar-refractivity contribution in [2.24, 2.45) is 5.92 Å². The molecule has 21 heavy (non-hydrogen) atoms. The number of carboxylic acid groups (broad SMARTS) is 1. The third-order valence-electron chi connectivity index (χ3n) is 3.58. The topological polar surface area (TPSA) is 62.7 Å². The molecule has 0 aromatic carbocycles. The van der Waals surface area contributed by atoms with Gasteiger partial charge in [-0.2, -0.15) is 0 Å². The minimum Gasteiger partial charge on any atom is -0.481 e. The number of hydrogen-bond acceptors (Lipinski definition) is 4. The van der Waals surface area contributed by atoms with E-state index in [0.29, 0.717) is 13.2 Å². The summed E-state index contributed by atoms with van der Waals surface area (Å²) in [5.41, 5.74) is 0.905. The van der Waals surface area contributed by atoms with Gasteiger partial charge in [0.05, 0.1) is 24.8 Å². The number of halogens is 2. The van der Waals surface area contributed by atoms with E-state index in [-0.39, 0.29) is 12.6 Å². The number of carboxylic acids is 1. The Kier molecular flexibility index (Phi) is 6.16. The van der Waals surface area contributed by atoms with E-state index in [1.807, 2.05) is 6.07 Å². The van der Waals surface area contributed by atoms with Gasteiger partial charge >= 0.3 is 5.97 Å². The summed E-state index contributed by atoms with van der Waals surface area (Å²) in [6.45, 7) is 4.27. The molecule has 2 atom stereocenters. The summed E-state index contributed by atoms with van der Waals surface area (Å²) >= 11 is 6.90. The Labute approximate surface area is 140 Å². The molecular formula is C14H18Br2N2O3. The van der Waals surface area contributed by atoms with Crippen molar-refractivity contribution in [1.82, 2.24) is 9.88 Å². The average Bonchev–Trinajstić information content (AvgIpc) is 2.90. The van der Waals surface area contributed by atoms with Crippen LogP contribution in [0.1, 0.15) is 19.0 Å². The van der Waals surface area contributed by atoms with Crippen molar-refractivity contribution < 1.29 is 14.6 Å². The molecule has 2 unspecified atom stereocenters. The molecule has 1 N–H and O–H groups in total. The van der Waals surface area contributed by atoms with Crippen LogP contribution in [0.5, 0.6) is 0 Å². The molecule has 0 saturated carbocycles. The van der Waals surface area contributed by atoms with E-state index in [1.54, 1.807) is 6.20 Å². The van der Waals surface area contributed by atoms with Gasteiger partial charge in [-0.15, -0.1) is 0 Å². The van der Waals surface area contributed by atoms with Gasteiger partial charge in [0.2, 0.25) is 0 Å². The van der Waals surface area contributed by atoms with Gasteiger partial charge in [-0.3, -0.25) is 14.7 Å². The zero-order chi connectivity index (χ0) is 15.4. The molecule has 5 nitrogen and oxygen atoms in total. The summed E-state index contributed by atoms with van der Waals surface area (Å²) in [7, 11) is 0. The summed E-state index contributed by atoms with van der Waals surface area (Å²) in [5.74, 6) is -1.26. The number of carbonyl (C=O) groups is 1. The fourth-order valence-corrected chi connectivity index (χ4v) is 3.65. The fourth-order valence-electron chi connectivity index (χ4n) is 2.54. The minimum atomic E-state index is -0.790. The van der Waals surface area contributed by atoms with E-state index in [4.69, 9.17) is 4.74 Å². The molecule has 1 aromatic rings. The second kappa shape index (κ2) is 7.67. The molecule has 1 aliphatic heterocycles. The van der Waals surface area contributed by atoms with Gasteiger partial charge in [-0.25, -0.2) is 0 Å². The summed E-state index contributed by atoms with van der Waals surface area (Å²) < 4.78 is 7.21. The normalized spacial score (nSPS) is 21.9. The molecule has 1 fully saturated rings. The predicted octanol–water partition coefficient (Wildman–Crippen LogP) is 2.92. The lowest BCUT2D eigenvalue weighted by Crippen LogP contribution is -2.43. The minimum absolute atomic E-state index is 0.0974. The molecule has 0 spiro atoms. The molecule has 1 saturated heterocycles. The molecule has 0 bridgehead atoms. The highest BCUT2D eigenvalue weighted by Crippen LogP contribution is 2.25. The van der Waals surface area contributed by atoms with Crippen LogP contribution >= 0.6 is 31.9 Å². The number of aromatic nitrogens is 1. The van der Waals surface area contributed by atoms with E-state index in [1.165, 1.54) is 0 Å². The van der Waals surface area contributed by atoms with E-state index in [0.717, 1.165) is 27.6 Å². The van der Waals surface area contributed by atoms with Crippen molar-refractivity contribution in [2.45, 2.75) is 25.9 Å². The SMILES string of the molecule is CCCN(Cc1ncc(Br)cc1Br)C1COCC1C(=O)O. The molecule has 116 valence electrons. The maximum atomic E-state index is 11.3. The van der Waals surface area contributed by atoms with Crippen molar-refractivity contribution in [3.63, 3.8) is 0 Å². The molecule has 0 radical (unpaired) electrons. The molecule has 2 rings (SSSR count). The van der Waals surface area contributed by atoms with Crippen LogP contribution in [0.4, 0.5) is 0 Å². The first-order chi connectivity index (χ1) is 10.0. The molecule has 7 heteroatoms. The molecule has 2 heterocycles. The second-order valence-electron chi connectivity index (χ2n) is 5.10. The maximum absolute atomic E-state index is 11.3. The van der Waals surface area contributed by atoms with Crippen molar-refractivity contribution in [3.05, 3.63) is 26.9 Å². The third-order valence-corrected chi connectivity index (χ3v) is 4.70. The molecule has 1 aliphatic rings. The van der Waals surface area contributed by atoms with Crippen molar-refractivity contribution in [3.8, 4) is 0 Å². The summed E-state index contributed by atoms with van der Waals surface area (Å²) in [6.07, 6.45) is 2.71. The first-order valence-corrected chi connectivity index (χ1v) is 8.46. The summed E-state index contributed by atoms with van der Waals surface area (Å²) in [5, 5.41) is 9.32. The Balaban J connectivity index is 2.16. The Morgan fingerprint density at radius 2 is 2.29 bits per heavy atom. The van der Waals surface area contributed by atoms with Crippen molar-refractivity contribution >= 4 is 37.8 Å². The number of aliphatic carboxylic acids is 1. The van der Waals surface area contributed by atoms with Crippen molar-refractivity contribution in [2.75, 3.05) is 19.8 Å². The van der Waals surface area contributed by atoms with Crippen LogP contribution in [0.25, 0.3) is 0 Å². The Hall–Kier alpha value is -0.500. The zero-order valence-electron chi connectivity index (χ0n) is 11.8. The average molecular weight is 422 g/mol. The number of ether oxygens (including phenoxy) is 1. The number of pyridine rings is 1. The van der Waals surface area contributed by atoms with Crippen LogP contribution in [0.3, 0.4) is 0 Å². The van der Waals surface area contributed by atoms with Crippen LogP contribution in [0, 0.1) is 5.92 Å². The van der Waals surface area contributed by atoms with Crippen LogP contribution in [0.2, 0.25) is 0 Å². The van der Waals surface area contributed by atoms with E-state index in [2.05, 4.69) is 48.7 Å². The highest BCUT2D eigenvalue weighted by atomic mass is 79.9. The van der Waals surface area contributed by atoms with Crippen LogP contribution < -0.4 is 0 Å². The number of nitrogens with zero attached hydrogens (tertiary/aromatic N) is 2.